The molecule has 0 amide bonds. The maximum absolute atomic E-state index is 12.3. The molecule has 20 heavy (non-hydrogen) atoms. The van der Waals surface area contributed by atoms with E-state index < -0.39 is 5.97 Å². The van der Waals surface area contributed by atoms with Gasteiger partial charge in [0.2, 0.25) is 0 Å². The lowest BCUT2D eigenvalue weighted by molar-refractivity contribution is -0.138. The number of ether oxygens (including phenoxy) is 1. The molecule has 0 spiro atoms. The quantitative estimate of drug-likeness (QED) is 0.199. The summed E-state index contributed by atoms with van der Waals surface area (Å²) in [7, 11) is 3.71. The number of hydrogen-bond acceptors (Lipinski definition) is 4. The molecule has 0 unspecified atom stereocenters. The first-order chi connectivity index (χ1) is 9.56. The highest BCUT2D eigenvalue weighted by Gasteiger charge is 2.20. The Balaban J connectivity index is 3.04. The molecule has 0 bridgehead atoms. The van der Waals surface area contributed by atoms with Crippen molar-refractivity contribution >= 4 is 11.8 Å². The Morgan fingerprint density at radius 2 is 1.85 bits per heavy atom. The second-order valence-electron chi connectivity index (χ2n) is 4.30. The van der Waals surface area contributed by atoms with Gasteiger partial charge in [-0.05, 0) is 25.3 Å². The predicted octanol–water partition coefficient (Wildman–Crippen LogP) is 2.43. The van der Waals surface area contributed by atoms with Crippen molar-refractivity contribution in [3.8, 4) is 0 Å². The number of carbonyl (C=O) groups excluding carboxylic acids is 2. The first-order valence-electron chi connectivity index (χ1n) is 6.38. The van der Waals surface area contributed by atoms with Crippen molar-refractivity contribution in [1.29, 1.82) is 0 Å². The number of rotatable bonds is 6. The van der Waals surface area contributed by atoms with Gasteiger partial charge >= 0.3 is 5.97 Å². The Morgan fingerprint density at radius 1 is 1.20 bits per heavy atom. The molecule has 4 nitrogen and oxygen atoms in total. The molecule has 1 rings (SSSR count). The smallest absolute Gasteiger partial charge is 0.342 e. The number of Topliss-reactive ketones (excluding diaryl/α,β-unsaturated/α-hetero) is 1. The highest BCUT2D eigenvalue weighted by atomic mass is 16.5. The lowest BCUT2D eigenvalue weighted by Crippen LogP contribution is -2.16. The van der Waals surface area contributed by atoms with E-state index in [1.807, 2.05) is 25.1 Å². The normalized spacial score (nSPS) is 11.4. The molecule has 0 saturated heterocycles. The zero-order valence-electron chi connectivity index (χ0n) is 12.0. The number of hydrogen-bond donors (Lipinski definition) is 0. The van der Waals surface area contributed by atoms with Crippen molar-refractivity contribution in [2.75, 3.05) is 20.7 Å². The molecule has 106 valence electrons. The summed E-state index contributed by atoms with van der Waals surface area (Å²) in [4.78, 5) is 26.0. The van der Waals surface area contributed by atoms with Crippen LogP contribution in [0.2, 0.25) is 0 Å². The fraction of sp³-hybridized carbons (Fsp3) is 0.250. The molecular formula is C16H19NO3. The van der Waals surface area contributed by atoms with Crippen LogP contribution in [0.25, 0.3) is 0 Å². The number of esters is 1. The van der Waals surface area contributed by atoms with Crippen LogP contribution >= 0.6 is 0 Å². The average molecular weight is 273 g/mol. The largest absolute Gasteiger partial charge is 0.462 e. The first kappa shape index (κ1) is 15.7. The van der Waals surface area contributed by atoms with Crippen LogP contribution in [0, 0.1) is 0 Å². The van der Waals surface area contributed by atoms with Crippen molar-refractivity contribution in [1.82, 2.24) is 4.90 Å². The molecule has 0 aliphatic carbocycles. The summed E-state index contributed by atoms with van der Waals surface area (Å²) in [5, 5.41) is 0. The summed E-state index contributed by atoms with van der Waals surface area (Å²) < 4.78 is 4.93. The topological polar surface area (TPSA) is 46.6 Å². The van der Waals surface area contributed by atoms with Crippen LogP contribution in [0.15, 0.2) is 54.3 Å². The Labute approximate surface area is 119 Å². The fourth-order valence-electron chi connectivity index (χ4n) is 1.50. The Bertz CT molecular complexity index is 516. The summed E-state index contributed by atoms with van der Waals surface area (Å²) in [5.74, 6) is -0.947. The van der Waals surface area contributed by atoms with Gasteiger partial charge in [-0.1, -0.05) is 30.3 Å². The van der Waals surface area contributed by atoms with E-state index >= 15 is 0 Å². The molecular weight excluding hydrogens is 254 g/mol. The van der Waals surface area contributed by atoms with E-state index in [9.17, 15) is 9.59 Å². The van der Waals surface area contributed by atoms with Crippen LogP contribution < -0.4 is 0 Å². The second kappa shape index (κ2) is 7.94. The Kier molecular flexibility index (Phi) is 6.23. The zero-order valence-corrected chi connectivity index (χ0v) is 12.0. The SMILES string of the molecule is CCOC(=O)C(=CC=CN(C)C)C(=O)c1ccccc1. The minimum atomic E-state index is -0.607. The Hall–Kier alpha value is -2.36. The van der Waals surface area contributed by atoms with E-state index in [1.165, 1.54) is 6.08 Å². The number of carbonyl (C=O) groups is 2. The third-order valence-corrected chi connectivity index (χ3v) is 2.42. The summed E-state index contributed by atoms with van der Waals surface area (Å²) in [5.41, 5.74) is 0.487. The zero-order chi connectivity index (χ0) is 15.0. The van der Waals surface area contributed by atoms with Gasteiger partial charge in [0, 0.05) is 19.7 Å². The van der Waals surface area contributed by atoms with Crippen molar-refractivity contribution in [2.45, 2.75) is 6.92 Å². The molecule has 0 atom stereocenters. The van der Waals surface area contributed by atoms with E-state index in [0.717, 1.165) is 0 Å². The highest BCUT2D eigenvalue weighted by Crippen LogP contribution is 2.10. The van der Waals surface area contributed by atoms with Gasteiger partial charge in [-0.2, -0.15) is 0 Å². The lowest BCUT2D eigenvalue weighted by Gasteiger charge is -2.06. The standard InChI is InChI=1S/C16H19NO3/c1-4-20-16(19)14(11-8-12-17(2)3)15(18)13-9-6-5-7-10-13/h5-12H,4H2,1-3H3. The molecule has 0 heterocycles. The van der Waals surface area contributed by atoms with Crippen molar-refractivity contribution < 1.29 is 14.3 Å². The molecule has 0 aromatic heterocycles. The van der Waals surface area contributed by atoms with E-state index in [2.05, 4.69) is 0 Å². The highest BCUT2D eigenvalue weighted by molar-refractivity contribution is 6.24. The monoisotopic (exact) mass is 273 g/mol. The molecule has 0 aliphatic rings. The van der Waals surface area contributed by atoms with Crippen LogP contribution in [-0.2, 0) is 9.53 Å². The van der Waals surface area contributed by atoms with Crippen molar-refractivity contribution in [2.24, 2.45) is 0 Å². The van der Waals surface area contributed by atoms with E-state index in [-0.39, 0.29) is 18.0 Å². The minimum absolute atomic E-state index is 0.0242. The van der Waals surface area contributed by atoms with E-state index in [0.29, 0.717) is 5.56 Å². The van der Waals surface area contributed by atoms with Gasteiger partial charge in [0.15, 0.2) is 5.78 Å². The van der Waals surface area contributed by atoms with E-state index in [1.54, 1.807) is 43.5 Å². The third kappa shape index (κ3) is 4.72. The van der Waals surface area contributed by atoms with Crippen LogP contribution in [-0.4, -0.2) is 37.4 Å². The van der Waals surface area contributed by atoms with Crippen LogP contribution in [0.3, 0.4) is 0 Å². The summed E-state index contributed by atoms with van der Waals surface area (Å²) in [6.07, 6.45) is 4.87. The average Bonchev–Trinajstić information content (AvgIpc) is 2.44. The summed E-state index contributed by atoms with van der Waals surface area (Å²) in [6.45, 7) is 1.94. The van der Waals surface area contributed by atoms with Crippen LogP contribution in [0.5, 0.6) is 0 Å². The lowest BCUT2D eigenvalue weighted by atomic mass is 10.0. The van der Waals surface area contributed by atoms with Crippen molar-refractivity contribution in [3.05, 3.63) is 59.8 Å². The molecule has 1 aromatic carbocycles. The summed E-state index contributed by atoms with van der Waals surface area (Å²) in [6, 6.07) is 8.67. The van der Waals surface area contributed by atoms with Gasteiger partial charge in [-0.15, -0.1) is 0 Å². The molecule has 1 aromatic rings. The maximum atomic E-state index is 12.3. The molecule has 0 N–H and O–H groups in total. The fourth-order valence-corrected chi connectivity index (χ4v) is 1.50. The van der Waals surface area contributed by atoms with Crippen LogP contribution in [0.1, 0.15) is 17.3 Å². The maximum Gasteiger partial charge on any atom is 0.342 e. The molecule has 0 radical (unpaired) electrons. The van der Waals surface area contributed by atoms with E-state index in [4.69, 9.17) is 4.74 Å². The molecule has 4 heteroatoms. The van der Waals surface area contributed by atoms with Crippen molar-refractivity contribution in [3.63, 3.8) is 0 Å². The summed E-state index contributed by atoms with van der Waals surface area (Å²) >= 11 is 0. The molecule has 0 aliphatic heterocycles. The number of allylic oxidation sites excluding steroid dienone is 2. The van der Waals surface area contributed by atoms with Gasteiger partial charge in [-0.25, -0.2) is 4.79 Å². The third-order valence-electron chi connectivity index (χ3n) is 2.42. The molecule has 0 fully saturated rings. The number of benzene rings is 1. The van der Waals surface area contributed by atoms with Crippen LogP contribution in [0.4, 0.5) is 0 Å². The van der Waals surface area contributed by atoms with Gasteiger partial charge < -0.3 is 9.64 Å². The van der Waals surface area contributed by atoms with Gasteiger partial charge in [0.1, 0.15) is 5.57 Å². The number of ketones is 1. The predicted molar refractivity (Wildman–Crippen MR) is 78.3 cm³/mol. The second-order valence-corrected chi connectivity index (χ2v) is 4.30. The Morgan fingerprint density at radius 3 is 2.40 bits per heavy atom. The van der Waals surface area contributed by atoms with Gasteiger partial charge in [0.05, 0.1) is 6.61 Å². The van der Waals surface area contributed by atoms with Gasteiger partial charge in [-0.3, -0.25) is 4.79 Å². The first-order valence-corrected chi connectivity index (χ1v) is 6.38. The van der Waals surface area contributed by atoms with Gasteiger partial charge in [0.25, 0.3) is 0 Å². The molecule has 0 saturated carbocycles. The minimum Gasteiger partial charge on any atom is -0.462 e. The number of nitrogens with zero attached hydrogens (tertiary/aromatic N) is 1.